The fraction of sp³-hybridized carbons (Fsp3) is 0.269. The van der Waals surface area contributed by atoms with Gasteiger partial charge in [0.05, 0.1) is 0 Å². The highest BCUT2D eigenvalue weighted by Gasteiger charge is 2.20. The Morgan fingerprint density at radius 1 is 0.931 bits per heavy atom. The lowest BCUT2D eigenvalue weighted by atomic mass is 10.0. The van der Waals surface area contributed by atoms with Gasteiger partial charge in [-0.1, -0.05) is 42.5 Å². The van der Waals surface area contributed by atoms with Crippen LogP contribution in [0.25, 0.3) is 11.6 Å². The summed E-state index contributed by atoms with van der Waals surface area (Å²) in [5, 5.41) is 3.71. The predicted octanol–water partition coefficient (Wildman–Crippen LogP) is 4.94. The van der Waals surface area contributed by atoms with Crippen LogP contribution in [0, 0.1) is 0 Å². The largest absolute Gasteiger partial charge is 0.371 e. The van der Waals surface area contributed by atoms with Crippen LogP contribution in [0.2, 0.25) is 0 Å². The van der Waals surface area contributed by atoms with Crippen LogP contribution in [0.15, 0.2) is 73.1 Å². The fourth-order valence-corrected chi connectivity index (χ4v) is 4.47. The zero-order valence-electron chi connectivity index (χ0n) is 16.7. The van der Waals surface area contributed by atoms with E-state index in [1.54, 1.807) is 0 Å². The zero-order chi connectivity index (χ0) is 19.5. The molecule has 0 bridgehead atoms. The zero-order valence-corrected chi connectivity index (χ0v) is 16.7. The number of aromatic nitrogens is 1. The Morgan fingerprint density at radius 3 is 2.59 bits per heavy atom. The molecule has 0 saturated carbocycles. The Hall–Kier alpha value is -2.91. The molecule has 1 aliphatic carbocycles. The second-order valence-electron chi connectivity index (χ2n) is 8.09. The highest BCUT2D eigenvalue weighted by atomic mass is 15.1. The first-order chi connectivity index (χ1) is 14.3. The van der Waals surface area contributed by atoms with Gasteiger partial charge in [0.25, 0.3) is 0 Å². The molecule has 1 saturated heterocycles. The second kappa shape index (κ2) is 8.22. The van der Waals surface area contributed by atoms with E-state index in [2.05, 4.69) is 81.9 Å². The topological polar surface area (TPSA) is 28.2 Å². The number of fused-ring (bicyclic) bond motifs is 1. The van der Waals surface area contributed by atoms with Crippen LogP contribution in [-0.2, 0) is 13.0 Å². The number of rotatable bonds is 5. The van der Waals surface area contributed by atoms with Crippen molar-refractivity contribution in [1.29, 1.82) is 0 Å². The van der Waals surface area contributed by atoms with E-state index in [-0.39, 0.29) is 0 Å². The SMILES string of the molecule is C1=C(c2cccc(N3CCC(NCc4ccncc4)CC3)c2)Cc2ccccc21. The number of piperidine rings is 1. The highest BCUT2D eigenvalue weighted by molar-refractivity contribution is 5.89. The molecule has 1 N–H and O–H groups in total. The maximum atomic E-state index is 4.09. The van der Waals surface area contributed by atoms with Gasteiger partial charge in [0, 0.05) is 43.8 Å². The smallest absolute Gasteiger partial charge is 0.0372 e. The summed E-state index contributed by atoms with van der Waals surface area (Å²) in [4.78, 5) is 6.63. The minimum Gasteiger partial charge on any atom is -0.371 e. The van der Waals surface area contributed by atoms with E-state index in [1.165, 1.54) is 46.4 Å². The van der Waals surface area contributed by atoms with Gasteiger partial charge in [-0.25, -0.2) is 0 Å². The van der Waals surface area contributed by atoms with Gasteiger partial charge in [-0.05, 0) is 71.4 Å². The molecule has 1 aromatic heterocycles. The molecule has 2 heterocycles. The molecule has 0 amide bonds. The standard InChI is InChI=1S/C26H27N3/c1-2-5-22-17-24(16-21(22)4-1)23-6-3-7-26(18-23)29-14-10-25(11-15-29)28-19-20-8-12-27-13-9-20/h1-9,12-13,16,18,25,28H,10-11,14-15,17,19H2. The number of nitrogens with one attached hydrogen (secondary N) is 1. The number of anilines is 1. The molecule has 0 spiro atoms. The van der Waals surface area contributed by atoms with Crippen LogP contribution in [0.4, 0.5) is 5.69 Å². The van der Waals surface area contributed by atoms with Crippen LogP contribution in [0.3, 0.4) is 0 Å². The van der Waals surface area contributed by atoms with Gasteiger partial charge in [0.1, 0.15) is 0 Å². The molecular formula is C26H27N3. The molecular weight excluding hydrogens is 354 g/mol. The van der Waals surface area contributed by atoms with Crippen molar-refractivity contribution in [1.82, 2.24) is 10.3 Å². The average molecular weight is 382 g/mol. The van der Waals surface area contributed by atoms with Crippen molar-refractivity contribution in [2.24, 2.45) is 0 Å². The lowest BCUT2D eigenvalue weighted by molar-refractivity contribution is 0.414. The van der Waals surface area contributed by atoms with Crippen LogP contribution in [0.1, 0.15) is 35.1 Å². The molecule has 1 aliphatic heterocycles. The lowest BCUT2D eigenvalue weighted by Crippen LogP contribution is -2.42. The van der Waals surface area contributed by atoms with Gasteiger partial charge in [0.15, 0.2) is 0 Å². The Balaban J connectivity index is 1.20. The van der Waals surface area contributed by atoms with Gasteiger partial charge < -0.3 is 10.2 Å². The molecule has 0 unspecified atom stereocenters. The maximum Gasteiger partial charge on any atom is 0.0372 e. The number of hydrogen-bond donors (Lipinski definition) is 1. The summed E-state index contributed by atoms with van der Waals surface area (Å²) in [6, 6.07) is 22.6. The Morgan fingerprint density at radius 2 is 1.76 bits per heavy atom. The first-order valence-electron chi connectivity index (χ1n) is 10.6. The van der Waals surface area contributed by atoms with E-state index in [9.17, 15) is 0 Å². The Kier molecular flexibility index (Phi) is 5.14. The Labute approximate surface area is 173 Å². The third-order valence-corrected chi connectivity index (χ3v) is 6.19. The van der Waals surface area contributed by atoms with Crippen LogP contribution >= 0.6 is 0 Å². The average Bonchev–Trinajstić information content (AvgIpc) is 3.23. The molecule has 0 atom stereocenters. The molecule has 0 radical (unpaired) electrons. The van der Waals surface area contributed by atoms with Crippen LogP contribution in [0.5, 0.6) is 0 Å². The van der Waals surface area contributed by atoms with E-state index in [1.807, 2.05) is 12.4 Å². The van der Waals surface area contributed by atoms with E-state index >= 15 is 0 Å². The monoisotopic (exact) mass is 381 g/mol. The molecule has 5 rings (SSSR count). The van der Waals surface area contributed by atoms with Crippen molar-refractivity contribution < 1.29 is 0 Å². The summed E-state index contributed by atoms with van der Waals surface area (Å²) >= 11 is 0. The first-order valence-corrected chi connectivity index (χ1v) is 10.6. The van der Waals surface area contributed by atoms with Gasteiger partial charge in [-0.2, -0.15) is 0 Å². The van der Waals surface area contributed by atoms with Crippen molar-refractivity contribution >= 4 is 17.3 Å². The molecule has 3 heteroatoms. The van der Waals surface area contributed by atoms with Crippen molar-refractivity contribution in [3.63, 3.8) is 0 Å². The minimum atomic E-state index is 0.592. The summed E-state index contributed by atoms with van der Waals surface area (Å²) in [7, 11) is 0. The minimum absolute atomic E-state index is 0.592. The number of hydrogen-bond acceptors (Lipinski definition) is 3. The van der Waals surface area contributed by atoms with Gasteiger partial charge in [-0.15, -0.1) is 0 Å². The van der Waals surface area contributed by atoms with E-state index in [0.717, 1.165) is 26.1 Å². The summed E-state index contributed by atoms with van der Waals surface area (Å²) in [6.45, 7) is 3.14. The van der Waals surface area contributed by atoms with E-state index in [0.29, 0.717) is 6.04 Å². The first kappa shape index (κ1) is 18.1. The molecule has 3 aromatic rings. The molecule has 29 heavy (non-hydrogen) atoms. The number of allylic oxidation sites excluding steroid dienone is 1. The fourth-order valence-electron chi connectivity index (χ4n) is 4.47. The molecule has 1 fully saturated rings. The van der Waals surface area contributed by atoms with E-state index in [4.69, 9.17) is 0 Å². The summed E-state index contributed by atoms with van der Waals surface area (Å²) in [5.74, 6) is 0. The molecule has 2 aliphatic rings. The Bertz CT molecular complexity index is 1000. The third-order valence-electron chi connectivity index (χ3n) is 6.19. The van der Waals surface area contributed by atoms with E-state index < -0.39 is 0 Å². The number of nitrogens with zero attached hydrogens (tertiary/aromatic N) is 2. The quantitative estimate of drug-likeness (QED) is 0.679. The van der Waals surface area contributed by atoms with Crippen molar-refractivity contribution in [3.05, 3.63) is 95.3 Å². The van der Waals surface area contributed by atoms with Crippen LogP contribution in [-0.4, -0.2) is 24.1 Å². The number of benzene rings is 2. The normalized spacial score (nSPS) is 16.6. The summed E-state index contributed by atoms with van der Waals surface area (Å²) in [6.07, 6.45) is 9.49. The van der Waals surface area contributed by atoms with Crippen molar-refractivity contribution in [2.75, 3.05) is 18.0 Å². The lowest BCUT2D eigenvalue weighted by Gasteiger charge is -2.34. The van der Waals surface area contributed by atoms with Gasteiger partial charge in [-0.3, -0.25) is 4.98 Å². The van der Waals surface area contributed by atoms with Crippen molar-refractivity contribution in [2.45, 2.75) is 31.8 Å². The molecule has 3 nitrogen and oxygen atoms in total. The van der Waals surface area contributed by atoms with Gasteiger partial charge >= 0.3 is 0 Å². The third kappa shape index (κ3) is 4.10. The van der Waals surface area contributed by atoms with Gasteiger partial charge in [0.2, 0.25) is 0 Å². The maximum absolute atomic E-state index is 4.09. The second-order valence-corrected chi connectivity index (χ2v) is 8.09. The summed E-state index contributed by atoms with van der Waals surface area (Å²) < 4.78 is 0. The van der Waals surface area contributed by atoms with Crippen molar-refractivity contribution in [3.8, 4) is 0 Å². The van der Waals surface area contributed by atoms with Crippen LogP contribution < -0.4 is 10.2 Å². The highest BCUT2D eigenvalue weighted by Crippen LogP contribution is 2.33. The summed E-state index contributed by atoms with van der Waals surface area (Å²) in [5.41, 5.74) is 8.26. The molecule has 146 valence electrons. The predicted molar refractivity (Wildman–Crippen MR) is 121 cm³/mol. The number of pyridine rings is 1. The molecule has 2 aromatic carbocycles.